The lowest BCUT2D eigenvalue weighted by molar-refractivity contribution is 0.131. The molecule has 0 aliphatic carbocycles. The van der Waals surface area contributed by atoms with Crippen LogP contribution in [0.15, 0.2) is 0 Å². The number of hydrogen-bond acceptors (Lipinski definition) is 2. The minimum absolute atomic E-state index is 0.873. The van der Waals surface area contributed by atoms with Crippen molar-refractivity contribution < 1.29 is 0 Å². The van der Waals surface area contributed by atoms with Crippen molar-refractivity contribution in [3.63, 3.8) is 0 Å². The van der Waals surface area contributed by atoms with Crippen molar-refractivity contribution in [2.24, 2.45) is 17.8 Å². The van der Waals surface area contributed by atoms with Gasteiger partial charge in [0.15, 0.2) is 0 Å². The van der Waals surface area contributed by atoms with E-state index in [4.69, 9.17) is 0 Å². The second kappa shape index (κ2) is 8.10. The van der Waals surface area contributed by atoms with Gasteiger partial charge in [-0.3, -0.25) is 0 Å². The first-order chi connectivity index (χ1) is 8.25. The van der Waals surface area contributed by atoms with Crippen molar-refractivity contribution >= 4 is 0 Å². The normalized spacial score (nSPS) is 31.8. The second-order valence-corrected chi connectivity index (χ2v) is 5.71. The lowest BCUT2D eigenvalue weighted by Gasteiger charge is -2.37. The fraction of sp³-hybridized carbons (Fsp3) is 1.00. The maximum absolute atomic E-state index is 3.49. The van der Waals surface area contributed by atoms with Crippen LogP contribution in [0.1, 0.15) is 47.0 Å². The molecule has 0 aromatic carbocycles. The van der Waals surface area contributed by atoms with Crippen LogP contribution in [0.3, 0.4) is 0 Å². The lowest BCUT2D eigenvalue weighted by Crippen LogP contribution is -2.43. The standard InChI is InChI=1S/C13H26N2.C2H6/c1-11-4-7-15(8-5-11)10-13-3-6-14-9-12(13)2;1-2/h11-14H,3-10H2,1-2H3;1-2H3/t12-,13-;/m1./s1. The first-order valence-corrected chi connectivity index (χ1v) is 7.69. The van der Waals surface area contributed by atoms with Crippen LogP contribution in [0, 0.1) is 17.8 Å². The van der Waals surface area contributed by atoms with Crippen LogP contribution in [0.25, 0.3) is 0 Å². The van der Waals surface area contributed by atoms with E-state index in [2.05, 4.69) is 24.1 Å². The average Bonchev–Trinajstić information content (AvgIpc) is 2.37. The van der Waals surface area contributed by atoms with Crippen LogP contribution < -0.4 is 5.32 Å². The molecule has 0 saturated carbocycles. The summed E-state index contributed by atoms with van der Waals surface area (Å²) in [6.45, 7) is 15.3. The van der Waals surface area contributed by atoms with Crippen LogP contribution in [0.5, 0.6) is 0 Å². The molecule has 2 rings (SSSR count). The Labute approximate surface area is 108 Å². The zero-order valence-corrected chi connectivity index (χ0v) is 12.3. The highest BCUT2D eigenvalue weighted by atomic mass is 15.1. The molecule has 2 saturated heterocycles. The highest BCUT2D eigenvalue weighted by Gasteiger charge is 2.24. The maximum atomic E-state index is 3.49. The Balaban J connectivity index is 0.000000686. The molecule has 0 radical (unpaired) electrons. The van der Waals surface area contributed by atoms with Crippen LogP contribution >= 0.6 is 0 Å². The highest BCUT2D eigenvalue weighted by molar-refractivity contribution is 4.79. The lowest BCUT2D eigenvalue weighted by atomic mass is 9.86. The van der Waals surface area contributed by atoms with Gasteiger partial charge in [0.25, 0.3) is 0 Å². The number of nitrogens with zero attached hydrogens (tertiary/aromatic N) is 1. The largest absolute Gasteiger partial charge is 0.316 e. The fourth-order valence-corrected chi connectivity index (χ4v) is 2.92. The van der Waals surface area contributed by atoms with Crippen molar-refractivity contribution in [2.75, 3.05) is 32.7 Å². The van der Waals surface area contributed by atoms with E-state index < -0.39 is 0 Å². The van der Waals surface area contributed by atoms with Crippen molar-refractivity contribution in [3.05, 3.63) is 0 Å². The van der Waals surface area contributed by atoms with Gasteiger partial charge in [-0.15, -0.1) is 0 Å². The van der Waals surface area contributed by atoms with E-state index in [0.29, 0.717) is 0 Å². The number of rotatable bonds is 2. The third-order valence-corrected chi connectivity index (χ3v) is 4.33. The second-order valence-electron chi connectivity index (χ2n) is 5.71. The zero-order valence-electron chi connectivity index (χ0n) is 12.3. The van der Waals surface area contributed by atoms with Gasteiger partial charge in [0.05, 0.1) is 0 Å². The first-order valence-electron chi connectivity index (χ1n) is 7.69. The molecular formula is C15H32N2. The summed E-state index contributed by atoms with van der Waals surface area (Å²) in [5.41, 5.74) is 0. The van der Waals surface area contributed by atoms with Crippen LogP contribution in [-0.4, -0.2) is 37.6 Å². The number of nitrogens with one attached hydrogen (secondary N) is 1. The van der Waals surface area contributed by atoms with Crippen molar-refractivity contribution in [3.8, 4) is 0 Å². The van der Waals surface area contributed by atoms with Gasteiger partial charge in [-0.25, -0.2) is 0 Å². The molecule has 2 fully saturated rings. The summed E-state index contributed by atoms with van der Waals surface area (Å²) in [7, 11) is 0. The van der Waals surface area contributed by atoms with Gasteiger partial charge in [0.1, 0.15) is 0 Å². The predicted molar refractivity (Wildman–Crippen MR) is 76.3 cm³/mol. The average molecular weight is 240 g/mol. The van der Waals surface area contributed by atoms with E-state index in [9.17, 15) is 0 Å². The molecule has 0 spiro atoms. The molecule has 2 heteroatoms. The molecule has 2 heterocycles. The van der Waals surface area contributed by atoms with E-state index in [1.807, 2.05) is 13.8 Å². The van der Waals surface area contributed by atoms with Crippen LogP contribution in [-0.2, 0) is 0 Å². The SMILES string of the molecule is CC.CC1CCN(C[C@H]2CCNC[C@H]2C)CC1. The number of hydrogen-bond donors (Lipinski definition) is 1. The van der Waals surface area contributed by atoms with Crippen molar-refractivity contribution in [2.45, 2.75) is 47.0 Å². The molecule has 0 aromatic heterocycles. The van der Waals surface area contributed by atoms with Gasteiger partial charge in [-0.2, -0.15) is 0 Å². The van der Waals surface area contributed by atoms with Gasteiger partial charge in [0, 0.05) is 6.54 Å². The Bertz CT molecular complexity index is 185. The molecule has 102 valence electrons. The van der Waals surface area contributed by atoms with E-state index >= 15 is 0 Å². The maximum Gasteiger partial charge on any atom is 0.00132 e. The Hall–Kier alpha value is -0.0800. The van der Waals surface area contributed by atoms with E-state index in [1.165, 1.54) is 52.0 Å². The van der Waals surface area contributed by atoms with Crippen molar-refractivity contribution in [1.29, 1.82) is 0 Å². The first kappa shape index (κ1) is 15.0. The third-order valence-electron chi connectivity index (χ3n) is 4.33. The Morgan fingerprint density at radius 3 is 2.29 bits per heavy atom. The third kappa shape index (κ3) is 4.97. The molecule has 0 unspecified atom stereocenters. The number of likely N-dealkylation sites (tertiary alicyclic amines) is 1. The molecule has 0 aromatic rings. The van der Waals surface area contributed by atoms with Gasteiger partial charge in [0.2, 0.25) is 0 Å². The Morgan fingerprint density at radius 2 is 1.71 bits per heavy atom. The molecule has 0 bridgehead atoms. The fourth-order valence-electron chi connectivity index (χ4n) is 2.92. The summed E-state index contributed by atoms with van der Waals surface area (Å²) >= 11 is 0. The molecule has 0 amide bonds. The van der Waals surface area contributed by atoms with Gasteiger partial charge in [-0.1, -0.05) is 27.7 Å². The van der Waals surface area contributed by atoms with E-state index in [1.54, 1.807) is 0 Å². The minimum atomic E-state index is 0.873. The predicted octanol–water partition coefficient (Wildman–Crippen LogP) is 2.99. The van der Waals surface area contributed by atoms with Crippen LogP contribution in [0.2, 0.25) is 0 Å². The van der Waals surface area contributed by atoms with E-state index in [0.717, 1.165) is 17.8 Å². The molecule has 2 nitrogen and oxygen atoms in total. The quantitative estimate of drug-likeness (QED) is 0.798. The zero-order chi connectivity index (χ0) is 12.7. The summed E-state index contributed by atoms with van der Waals surface area (Å²) in [5.74, 6) is 2.78. The molecule has 2 aliphatic heterocycles. The molecule has 17 heavy (non-hydrogen) atoms. The molecule has 2 atom stereocenters. The minimum Gasteiger partial charge on any atom is -0.316 e. The topological polar surface area (TPSA) is 15.3 Å². The van der Waals surface area contributed by atoms with Gasteiger partial charge in [-0.05, 0) is 63.2 Å². The molecule has 1 N–H and O–H groups in total. The summed E-state index contributed by atoms with van der Waals surface area (Å²) in [4.78, 5) is 2.70. The van der Waals surface area contributed by atoms with Crippen molar-refractivity contribution in [1.82, 2.24) is 10.2 Å². The van der Waals surface area contributed by atoms with E-state index in [-0.39, 0.29) is 0 Å². The summed E-state index contributed by atoms with van der Waals surface area (Å²) in [6, 6.07) is 0. The van der Waals surface area contributed by atoms with Gasteiger partial charge < -0.3 is 10.2 Å². The summed E-state index contributed by atoms with van der Waals surface area (Å²) in [5, 5.41) is 3.49. The Kier molecular flexibility index (Phi) is 7.14. The summed E-state index contributed by atoms with van der Waals surface area (Å²) < 4.78 is 0. The van der Waals surface area contributed by atoms with Crippen LogP contribution in [0.4, 0.5) is 0 Å². The number of piperidine rings is 2. The van der Waals surface area contributed by atoms with Gasteiger partial charge >= 0.3 is 0 Å². The monoisotopic (exact) mass is 240 g/mol. The smallest absolute Gasteiger partial charge is 0.00132 e. The molecule has 2 aliphatic rings. The molecular weight excluding hydrogens is 208 g/mol. The highest BCUT2D eigenvalue weighted by Crippen LogP contribution is 2.23. The Morgan fingerprint density at radius 1 is 1.06 bits per heavy atom. The summed E-state index contributed by atoms with van der Waals surface area (Å²) in [6.07, 6.45) is 4.21.